The van der Waals surface area contributed by atoms with Gasteiger partial charge in [0.15, 0.2) is 5.79 Å². The quantitative estimate of drug-likeness (QED) is 0.539. The number of rotatable bonds is 11. The van der Waals surface area contributed by atoms with Crippen molar-refractivity contribution < 1.29 is 13.2 Å². The number of benzene rings is 1. The van der Waals surface area contributed by atoms with Crippen LogP contribution in [-0.4, -0.2) is 51.0 Å². The third kappa shape index (κ3) is 5.38. The van der Waals surface area contributed by atoms with Gasteiger partial charge in [0.2, 0.25) is 0 Å². The molecule has 0 fully saturated rings. The summed E-state index contributed by atoms with van der Waals surface area (Å²) in [5.74, 6) is -0.679. The second kappa shape index (κ2) is 9.28. The zero-order chi connectivity index (χ0) is 20.9. The molecule has 29 heavy (non-hydrogen) atoms. The lowest BCUT2D eigenvalue weighted by atomic mass is 10.1. The standard InChI is InChI=1S/C21H32N4O3S/c1-3-4-5-8-11-21(22)24-19-16-23-18-10-7-6-9-17(18)20(19)25(21)12-13-28-14-15-29(2,26)27/h6-7,9-10,16,24H,3-5,8,11-15,22H2,1-2H3. The van der Waals surface area contributed by atoms with E-state index in [2.05, 4.69) is 28.2 Å². The van der Waals surface area contributed by atoms with Crippen molar-refractivity contribution in [1.29, 1.82) is 0 Å². The number of aromatic nitrogens is 1. The number of sulfone groups is 1. The second-order valence-corrected chi connectivity index (χ2v) is 10.1. The number of hydrogen-bond donors (Lipinski definition) is 2. The fraction of sp³-hybridized carbons (Fsp3) is 0.571. The molecule has 0 radical (unpaired) electrons. The molecule has 7 nitrogen and oxygen atoms in total. The summed E-state index contributed by atoms with van der Waals surface area (Å²) in [6.07, 6.45) is 8.42. The van der Waals surface area contributed by atoms with Gasteiger partial charge in [0.25, 0.3) is 0 Å². The number of ether oxygens (including phenoxy) is 1. The number of pyridine rings is 1. The molecule has 1 aromatic heterocycles. The normalized spacial score (nSPS) is 18.8. The summed E-state index contributed by atoms with van der Waals surface area (Å²) in [5, 5.41) is 4.54. The SMILES string of the molecule is CCCCCCC1(N)Nc2cnc3ccccc3c2N1CCOCCS(C)(=O)=O. The Morgan fingerprint density at radius 1 is 1.21 bits per heavy atom. The highest BCUT2D eigenvalue weighted by Gasteiger charge is 2.40. The van der Waals surface area contributed by atoms with Gasteiger partial charge in [-0.3, -0.25) is 10.7 Å². The molecule has 0 spiro atoms. The highest BCUT2D eigenvalue weighted by Crippen LogP contribution is 2.43. The molecule has 8 heteroatoms. The maximum atomic E-state index is 11.3. The molecule has 1 atom stereocenters. The van der Waals surface area contributed by atoms with Gasteiger partial charge in [-0.05, 0) is 12.5 Å². The van der Waals surface area contributed by atoms with Crippen molar-refractivity contribution in [2.75, 3.05) is 42.0 Å². The summed E-state index contributed by atoms with van der Waals surface area (Å²) in [7, 11) is -3.03. The Bertz CT molecular complexity index is 935. The van der Waals surface area contributed by atoms with Gasteiger partial charge >= 0.3 is 0 Å². The molecule has 0 saturated carbocycles. The molecular formula is C21H32N4O3S. The Labute approximate surface area is 173 Å². The topological polar surface area (TPSA) is 97.5 Å². The van der Waals surface area contributed by atoms with Crippen LogP contribution in [0.5, 0.6) is 0 Å². The lowest BCUT2D eigenvalue weighted by molar-refractivity contribution is 0.151. The van der Waals surface area contributed by atoms with E-state index >= 15 is 0 Å². The first-order chi connectivity index (χ1) is 13.8. The Kier molecular flexibility index (Phi) is 6.97. The predicted molar refractivity (Wildman–Crippen MR) is 119 cm³/mol. The molecule has 3 rings (SSSR count). The number of hydrogen-bond acceptors (Lipinski definition) is 7. The van der Waals surface area contributed by atoms with Crippen LogP contribution in [0.15, 0.2) is 30.5 Å². The average Bonchev–Trinajstić information content (AvgIpc) is 2.96. The minimum Gasteiger partial charge on any atom is -0.379 e. The van der Waals surface area contributed by atoms with E-state index in [0.29, 0.717) is 13.2 Å². The number of unbranched alkanes of at least 4 members (excludes halogenated alkanes) is 3. The van der Waals surface area contributed by atoms with Crippen molar-refractivity contribution in [3.05, 3.63) is 30.5 Å². The zero-order valence-electron chi connectivity index (χ0n) is 17.4. The summed E-state index contributed by atoms with van der Waals surface area (Å²) in [5.41, 5.74) is 9.74. The number of nitrogens with two attached hydrogens (primary N) is 1. The van der Waals surface area contributed by atoms with Crippen LogP contribution in [-0.2, 0) is 14.6 Å². The van der Waals surface area contributed by atoms with Crippen molar-refractivity contribution in [1.82, 2.24) is 4.98 Å². The molecule has 1 aliphatic heterocycles. The van der Waals surface area contributed by atoms with E-state index in [9.17, 15) is 8.42 Å². The van der Waals surface area contributed by atoms with E-state index in [1.807, 2.05) is 24.4 Å². The van der Waals surface area contributed by atoms with E-state index < -0.39 is 15.6 Å². The van der Waals surface area contributed by atoms with Crippen LogP contribution in [0.4, 0.5) is 11.4 Å². The summed E-state index contributed by atoms with van der Waals surface area (Å²) in [6.45, 7) is 3.36. The van der Waals surface area contributed by atoms with Gasteiger partial charge in [-0.25, -0.2) is 8.42 Å². The molecule has 0 amide bonds. The monoisotopic (exact) mass is 420 g/mol. The van der Waals surface area contributed by atoms with Crippen molar-refractivity contribution in [2.24, 2.45) is 5.73 Å². The molecule has 3 N–H and O–H groups in total. The second-order valence-electron chi connectivity index (χ2n) is 7.79. The molecule has 160 valence electrons. The molecular weight excluding hydrogens is 388 g/mol. The van der Waals surface area contributed by atoms with E-state index in [1.165, 1.54) is 19.1 Å². The van der Waals surface area contributed by atoms with E-state index in [0.717, 1.165) is 41.5 Å². The Balaban J connectivity index is 1.78. The van der Waals surface area contributed by atoms with Gasteiger partial charge < -0.3 is 15.0 Å². The Hall–Kier alpha value is -1.90. The maximum Gasteiger partial charge on any atom is 0.164 e. The predicted octanol–water partition coefficient (Wildman–Crippen LogP) is 3.11. The number of anilines is 2. The lowest BCUT2D eigenvalue weighted by Crippen LogP contribution is -2.59. The highest BCUT2D eigenvalue weighted by atomic mass is 32.2. The van der Waals surface area contributed by atoms with Crippen LogP contribution in [0, 0.1) is 0 Å². The van der Waals surface area contributed by atoms with Crippen LogP contribution in [0.3, 0.4) is 0 Å². The fourth-order valence-electron chi connectivity index (χ4n) is 3.81. The summed E-state index contributed by atoms with van der Waals surface area (Å²) >= 11 is 0. The molecule has 1 aromatic carbocycles. The fourth-order valence-corrected chi connectivity index (χ4v) is 4.23. The average molecular weight is 421 g/mol. The Morgan fingerprint density at radius 2 is 2.00 bits per heavy atom. The molecule has 0 aliphatic carbocycles. The molecule has 1 aliphatic rings. The van der Waals surface area contributed by atoms with Gasteiger partial charge in [0.05, 0.1) is 42.1 Å². The van der Waals surface area contributed by atoms with Crippen LogP contribution < -0.4 is 16.0 Å². The Morgan fingerprint density at radius 3 is 2.76 bits per heavy atom. The first-order valence-electron chi connectivity index (χ1n) is 10.3. The van der Waals surface area contributed by atoms with Crippen LogP contribution in [0.1, 0.15) is 39.0 Å². The highest BCUT2D eigenvalue weighted by molar-refractivity contribution is 7.90. The van der Waals surface area contributed by atoms with E-state index in [4.69, 9.17) is 10.5 Å². The minimum atomic E-state index is -3.03. The van der Waals surface area contributed by atoms with Crippen molar-refractivity contribution >= 4 is 32.1 Å². The van der Waals surface area contributed by atoms with Crippen LogP contribution in [0.2, 0.25) is 0 Å². The van der Waals surface area contributed by atoms with Crippen molar-refractivity contribution in [3.63, 3.8) is 0 Å². The number of fused-ring (bicyclic) bond motifs is 3. The third-order valence-corrected chi connectivity index (χ3v) is 6.23. The maximum absolute atomic E-state index is 11.3. The van der Waals surface area contributed by atoms with Gasteiger partial charge in [0.1, 0.15) is 9.84 Å². The molecule has 0 bridgehead atoms. The molecule has 1 unspecified atom stereocenters. The third-order valence-electron chi connectivity index (χ3n) is 5.32. The van der Waals surface area contributed by atoms with E-state index in [1.54, 1.807) is 0 Å². The smallest absolute Gasteiger partial charge is 0.164 e. The van der Waals surface area contributed by atoms with Gasteiger partial charge in [-0.2, -0.15) is 0 Å². The summed E-state index contributed by atoms with van der Waals surface area (Å²) in [6, 6.07) is 8.03. The van der Waals surface area contributed by atoms with Crippen molar-refractivity contribution in [3.8, 4) is 0 Å². The van der Waals surface area contributed by atoms with Gasteiger partial charge in [-0.15, -0.1) is 0 Å². The van der Waals surface area contributed by atoms with Gasteiger partial charge in [-0.1, -0.05) is 44.4 Å². The van der Waals surface area contributed by atoms with Crippen LogP contribution in [0.25, 0.3) is 10.9 Å². The number of para-hydroxylation sites is 1. The lowest BCUT2D eigenvalue weighted by Gasteiger charge is -2.37. The van der Waals surface area contributed by atoms with E-state index in [-0.39, 0.29) is 12.4 Å². The summed E-state index contributed by atoms with van der Waals surface area (Å²) < 4.78 is 28.2. The minimum absolute atomic E-state index is 0.0273. The largest absolute Gasteiger partial charge is 0.379 e. The molecule has 0 saturated heterocycles. The van der Waals surface area contributed by atoms with Gasteiger partial charge in [0, 0.05) is 24.6 Å². The zero-order valence-corrected chi connectivity index (χ0v) is 18.2. The summed E-state index contributed by atoms with van der Waals surface area (Å²) in [4.78, 5) is 6.72. The number of nitrogens with one attached hydrogen (secondary N) is 1. The van der Waals surface area contributed by atoms with Crippen molar-refractivity contribution in [2.45, 2.75) is 44.8 Å². The molecule has 2 aromatic rings. The van der Waals surface area contributed by atoms with Crippen LogP contribution >= 0.6 is 0 Å². The number of nitrogens with zero attached hydrogens (tertiary/aromatic N) is 2. The first kappa shape index (κ1) is 21.8. The molecule has 2 heterocycles. The first-order valence-corrected chi connectivity index (χ1v) is 12.4.